The van der Waals surface area contributed by atoms with Crippen molar-refractivity contribution in [3.05, 3.63) is 60.2 Å². The quantitative estimate of drug-likeness (QED) is 0.481. The van der Waals surface area contributed by atoms with Gasteiger partial charge in [-0.25, -0.2) is 4.79 Å². The van der Waals surface area contributed by atoms with Crippen molar-refractivity contribution in [2.45, 2.75) is 11.8 Å². The van der Waals surface area contributed by atoms with Crippen molar-refractivity contribution < 1.29 is 22.1 Å². The van der Waals surface area contributed by atoms with Crippen LogP contribution in [0.1, 0.15) is 5.56 Å². The molecule has 0 aliphatic carbocycles. The molecule has 110 valence electrons. The summed E-state index contributed by atoms with van der Waals surface area (Å²) in [6, 6.07) is 14.5. The highest BCUT2D eigenvalue weighted by Crippen LogP contribution is 2.14. The lowest BCUT2D eigenvalue weighted by molar-refractivity contribution is -0.136. The molecule has 0 bridgehead atoms. The minimum absolute atomic E-state index is 0.000566. The first-order valence-electron chi connectivity index (χ1n) is 6.19. The Kier molecular flexibility index (Phi) is 4.72. The average molecular weight is 306 g/mol. The van der Waals surface area contributed by atoms with Gasteiger partial charge in [0, 0.05) is 0 Å². The maximum Gasteiger partial charge on any atom is 0.339 e. The molecule has 0 saturated heterocycles. The zero-order chi connectivity index (χ0) is 15.3. The maximum atomic E-state index is 11.9. The summed E-state index contributed by atoms with van der Waals surface area (Å²) < 4.78 is 33.4. The number of para-hydroxylation sites is 1. The van der Waals surface area contributed by atoms with Gasteiger partial charge < -0.3 is 4.74 Å². The second kappa shape index (κ2) is 6.51. The molecule has 2 rings (SSSR count). The van der Waals surface area contributed by atoms with E-state index in [9.17, 15) is 13.2 Å². The first-order chi connectivity index (χ1) is 9.97. The molecule has 0 unspecified atom stereocenters. The summed E-state index contributed by atoms with van der Waals surface area (Å²) in [6.45, 7) is 1.17. The van der Waals surface area contributed by atoms with E-state index in [-0.39, 0.29) is 4.90 Å². The van der Waals surface area contributed by atoms with Crippen LogP contribution in [-0.2, 0) is 19.1 Å². The van der Waals surface area contributed by atoms with Gasteiger partial charge >= 0.3 is 5.97 Å². The van der Waals surface area contributed by atoms with Gasteiger partial charge in [0.25, 0.3) is 10.1 Å². The summed E-state index contributed by atoms with van der Waals surface area (Å²) in [7, 11) is -3.97. The summed E-state index contributed by atoms with van der Waals surface area (Å²) in [5.41, 5.74) is 0.928. The summed E-state index contributed by atoms with van der Waals surface area (Å²) in [6.07, 6.45) is 0. The zero-order valence-electron chi connectivity index (χ0n) is 11.4. The maximum absolute atomic E-state index is 11.9. The van der Waals surface area contributed by atoms with E-state index in [0.717, 1.165) is 5.56 Å². The molecule has 2 aromatic carbocycles. The third kappa shape index (κ3) is 4.40. The Morgan fingerprint density at radius 2 is 1.62 bits per heavy atom. The number of benzene rings is 2. The van der Waals surface area contributed by atoms with E-state index in [4.69, 9.17) is 4.74 Å². The van der Waals surface area contributed by atoms with Gasteiger partial charge in [-0.1, -0.05) is 35.9 Å². The van der Waals surface area contributed by atoms with Crippen molar-refractivity contribution in [1.29, 1.82) is 0 Å². The lowest BCUT2D eigenvalue weighted by Crippen LogP contribution is -2.19. The molecule has 0 atom stereocenters. The molecule has 0 aromatic heterocycles. The van der Waals surface area contributed by atoms with Gasteiger partial charge in [-0.2, -0.15) is 8.42 Å². The van der Waals surface area contributed by atoms with E-state index in [2.05, 4.69) is 4.18 Å². The van der Waals surface area contributed by atoms with Gasteiger partial charge in [0.1, 0.15) is 5.75 Å². The molecule has 0 radical (unpaired) electrons. The third-order valence-corrected chi connectivity index (χ3v) is 3.89. The van der Waals surface area contributed by atoms with Crippen LogP contribution in [0.2, 0.25) is 0 Å². The number of hydrogen-bond acceptors (Lipinski definition) is 5. The van der Waals surface area contributed by atoms with Crippen LogP contribution in [0, 0.1) is 6.92 Å². The van der Waals surface area contributed by atoms with Crippen LogP contribution in [0.5, 0.6) is 5.75 Å². The fraction of sp³-hybridized carbons (Fsp3) is 0.133. The SMILES string of the molecule is Cc1ccc(S(=O)(=O)OCC(=O)Oc2ccccc2)cc1. The lowest BCUT2D eigenvalue weighted by atomic mass is 10.2. The van der Waals surface area contributed by atoms with Crippen LogP contribution < -0.4 is 4.74 Å². The number of esters is 1. The first kappa shape index (κ1) is 15.2. The first-order valence-corrected chi connectivity index (χ1v) is 7.60. The molecular formula is C15H14O5S. The van der Waals surface area contributed by atoms with Crippen LogP contribution in [0.3, 0.4) is 0 Å². The standard InChI is InChI=1S/C15H14O5S/c1-12-7-9-14(10-8-12)21(17,18)19-11-15(16)20-13-5-3-2-4-6-13/h2-10H,11H2,1H3. The van der Waals surface area contributed by atoms with Gasteiger partial charge in [0.05, 0.1) is 4.90 Å². The predicted molar refractivity (Wildman–Crippen MR) is 76.4 cm³/mol. The Morgan fingerprint density at radius 3 is 2.24 bits per heavy atom. The lowest BCUT2D eigenvalue weighted by Gasteiger charge is -2.06. The monoisotopic (exact) mass is 306 g/mol. The molecular weight excluding hydrogens is 292 g/mol. The minimum atomic E-state index is -3.97. The van der Waals surface area contributed by atoms with Crippen molar-refractivity contribution in [1.82, 2.24) is 0 Å². The molecule has 2 aromatic rings. The molecule has 0 aliphatic rings. The summed E-state index contributed by atoms with van der Waals surface area (Å²) >= 11 is 0. The van der Waals surface area contributed by atoms with Gasteiger partial charge in [0.2, 0.25) is 0 Å². The third-order valence-electron chi connectivity index (χ3n) is 2.62. The van der Waals surface area contributed by atoms with Crippen LogP contribution in [-0.4, -0.2) is 21.0 Å². The smallest absolute Gasteiger partial charge is 0.339 e. The second-order valence-corrected chi connectivity index (χ2v) is 5.93. The van der Waals surface area contributed by atoms with Crippen molar-refractivity contribution in [2.75, 3.05) is 6.61 Å². The Bertz CT molecular complexity index is 705. The normalized spacial score (nSPS) is 11.1. The summed E-state index contributed by atoms with van der Waals surface area (Å²) in [4.78, 5) is 11.5. The number of carbonyl (C=O) groups is 1. The minimum Gasteiger partial charge on any atom is -0.425 e. The molecule has 6 heteroatoms. The van der Waals surface area contributed by atoms with Crippen LogP contribution in [0.25, 0.3) is 0 Å². The molecule has 0 spiro atoms. The van der Waals surface area contributed by atoms with Crippen molar-refractivity contribution >= 4 is 16.1 Å². The predicted octanol–water partition coefficient (Wildman–Crippen LogP) is 2.31. The molecule has 5 nitrogen and oxygen atoms in total. The highest BCUT2D eigenvalue weighted by atomic mass is 32.2. The Morgan fingerprint density at radius 1 is 1.00 bits per heavy atom. The van der Waals surface area contributed by atoms with Crippen molar-refractivity contribution in [3.8, 4) is 5.75 Å². The average Bonchev–Trinajstić information content (AvgIpc) is 2.47. The van der Waals surface area contributed by atoms with Crippen molar-refractivity contribution in [2.24, 2.45) is 0 Å². The molecule has 21 heavy (non-hydrogen) atoms. The Labute approximate surface area is 123 Å². The van der Waals surface area contributed by atoms with Crippen molar-refractivity contribution in [3.63, 3.8) is 0 Å². The van der Waals surface area contributed by atoms with Gasteiger partial charge in [-0.05, 0) is 31.2 Å². The number of aryl methyl sites for hydroxylation is 1. The molecule has 0 heterocycles. The van der Waals surface area contributed by atoms with Crippen LogP contribution >= 0.6 is 0 Å². The Balaban J connectivity index is 1.95. The van der Waals surface area contributed by atoms with Gasteiger partial charge in [-0.15, -0.1) is 0 Å². The van der Waals surface area contributed by atoms with E-state index >= 15 is 0 Å². The van der Waals surface area contributed by atoms with E-state index in [1.54, 1.807) is 42.5 Å². The van der Waals surface area contributed by atoms with Crippen LogP contribution in [0.4, 0.5) is 0 Å². The summed E-state index contributed by atoms with van der Waals surface area (Å²) in [5, 5.41) is 0. The molecule has 0 saturated carbocycles. The van der Waals surface area contributed by atoms with Crippen LogP contribution in [0.15, 0.2) is 59.5 Å². The fourth-order valence-corrected chi connectivity index (χ4v) is 2.40. The van der Waals surface area contributed by atoms with E-state index < -0.39 is 22.7 Å². The van der Waals surface area contributed by atoms with Gasteiger partial charge in [0.15, 0.2) is 6.61 Å². The molecule has 0 aliphatic heterocycles. The fourth-order valence-electron chi connectivity index (χ4n) is 1.55. The number of hydrogen-bond donors (Lipinski definition) is 0. The molecule has 0 N–H and O–H groups in total. The highest BCUT2D eigenvalue weighted by Gasteiger charge is 2.17. The van der Waals surface area contributed by atoms with E-state index in [1.807, 2.05) is 6.92 Å². The van der Waals surface area contributed by atoms with E-state index in [0.29, 0.717) is 5.75 Å². The Hall–Kier alpha value is -2.18. The number of carbonyl (C=O) groups excluding carboxylic acids is 1. The largest absolute Gasteiger partial charge is 0.425 e. The second-order valence-electron chi connectivity index (χ2n) is 4.32. The topological polar surface area (TPSA) is 69.7 Å². The van der Waals surface area contributed by atoms with E-state index in [1.165, 1.54) is 12.1 Å². The summed E-state index contributed by atoms with van der Waals surface area (Å²) in [5.74, 6) is -0.448. The number of ether oxygens (including phenoxy) is 1. The molecule has 0 amide bonds. The number of rotatable bonds is 5. The molecule has 0 fully saturated rings. The van der Waals surface area contributed by atoms with Gasteiger partial charge in [-0.3, -0.25) is 4.18 Å². The zero-order valence-corrected chi connectivity index (χ0v) is 12.2. The highest BCUT2D eigenvalue weighted by molar-refractivity contribution is 7.86.